The van der Waals surface area contributed by atoms with Crippen molar-refractivity contribution in [3.63, 3.8) is 0 Å². The molecule has 1 heterocycles. The maximum atomic E-state index is 12.2. The lowest BCUT2D eigenvalue weighted by atomic mass is 10.1. The molecule has 0 aliphatic carbocycles. The molecule has 6 nitrogen and oxygen atoms in total. The van der Waals surface area contributed by atoms with Crippen LogP contribution in [-0.4, -0.2) is 50.1 Å². The van der Waals surface area contributed by atoms with Gasteiger partial charge in [0.1, 0.15) is 5.75 Å². The zero-order valence-electron chi connectivity index (χ0n) is 13.2. The molecule has 2 amide bonds. The lowest BCUT2D eigenvalue weighted by Gasteiger charge is -2.22. The number of thioether (sulfide) groups is 1. The largest absolute Gasteiger partial charge is 0.495 e. The summed E-state index contributed by atoms with van der Waals surface area (Å²) in [4.78, 5) is 23.9. The van der Waals surface area contributed by atoms with Crippen molar-refractivity contribution in [2.75, 3.05) is 37.5 Å². The average molecular weight is 360 g/mol. The molecule has 1 aliphatic heterocycles. The Labute approximate surface area is 146 Å². The second kappa shape index (κ2) is 9.64. The van der Waals surface area contributed by atoms with E-state index in [1.54, 1.807) is 25.2 Å². The molecule has 0 aromatic heterocycles. The summed E-state index contributed by atoms with van der Waals surface area (Å²) in [6.07, 6.45) is 0.403. The summed E-state index contributed by atoms with van der Waals surface area (Å²) in [5, 5.41) is 8.72. The van der Waals surface area contributed by atoms with Gasteiger partial charge in [-0.25, -0.2) is 0 Å². The van der Waals surface area contributed by atoms with Gasteiger partial charge >= 0.3 is 0 Å². The summed E-state index contributed by atoms with van der Waals surface area (Å²) in [5.41, 5.74) is 0.988. The van der Waals surface area contributed by atoms with Crippen molar-refractivity contribution in [1.82, 2.24) is 10.6 Å². The Morgan fingerprint density at radius 1 is 1.43 bits per heavy atom. The Morgan fingerprint density at radius 3 is 2.83 bits per heavy atom. The molecule has 1 unspecified atom stereocenters. The Kier molecular flexibility index (Phi) is 8.22. The molecule has 0 spiro atoms. The first-order chi connectivity index (χ1) is 10.6. The minimum absolute atomic E-state index is 0. The molecule has 128 valence electrons. The lowest BCUT2D eigenvalue weighted by molar-refractivity contribution is -0.116. The van der Waals surface area contributed by atoms with Crippen LogP contribution in [0.25, 0.3) is 0 Å². The fraction of sp³-hybridized carbons (Fsp3) is 0.467. The van der Waals surface area contributed by atoms with Crippen LogP contribution in [-0.2, 0) is 4.79 Å². The first-order valence-corrected chi connectivity index (χ1v) is 8.30. The molecule has 23 heavy (non-hydrogen) atoms. The average Bonchev–Trinajstić information content (AvgIpc) is 2.54. The van der Waals surface area contributed by atoms with Crippen LogP contribution in [0, 0.1) is 0 Å². The van der Waals surface area contributed by atoms with E-state index in [0.717, 1.165) is 18.1 Å². The van der Waals surface area contributed by atoms with Crippen molar-refractivity contribution in [3.05, 3.63) is 23.8 Å². The lowest BCUT2D eigenvalue weighted by Crippen LogP contribution is -2.39. The quantitative estimate of drug-likeness (QED) is 0.742. The fourth-order valence-electron chi connectivity index (χ4n) is 2.27. The molecule has 1 saturated heterocycles. The van der Waals surface area contributed by atoms with Crippen molar-refractivity contribution in [2.45, 2.75) is 12.5 Å². The summed E-state index contributed by atoms with van der Waals surface area (Å²) in [7, 11) is 3.10. The van der Waals surface area contributed by atoms with E-state index in [-0.39, 0.29) is 30.3 Å². The predicted octanol–water partition coefficient (Wildman–Crippen LogP) is 1.51. The van der Waals surface area contributed by atoms with Crippen LogP contribution in [0.1, 0.15) is 16.8 Å². The third-order valence-electron chi connectivity index (χ3n) is 3.39. The summed E-state index contributed by atoms with van der Waals surface area (Å²) < 4.78 is 5.24. The van der Waals surface area contributed by atoms with Gasteiger partial charge in [0.25, 0.3) is 5.91 Å². The number of carbonyl (C=O) groups is 2. The molecule has 8 heteroatoms. The number of hydrogen-bond acceptors (Lipinski definition) is 5. The number of benzene rings is 1. The zero-order valence-corrected chi connectivity index (χ0v) is 14.8. The third-order valence-corrected chi connectivity index (χ3v) is 4.52. The van der Waals surface area contributed by atoms with Gasteiger partial charge in [0.05, 0.1) is 12.8 Å². The van der Waals surface area contributed by atoms with Gasteiger partial charge in [0.2, 0.25) is 5.91 Å². The Balaban J connectivity index is 0.00000264. The highest BCUT2D eigenvalue weighted by Crippen LogP contribution is 2.26. The highest BCUT2D eigenvalue weighted by Gasteiger charge is 2.18. The monoisotopic (exact) mass is 359 g/mol. The first kappa shape index (κ1) is 19.6. The summed E-state index contributed by atoms with van der Waals surface area (Å²) in [6.45, 7) is 0.929. The third kappa shape index (κ3) is 5.60. The maximum Gasteiger partial charge on any atom is 0.251 e. The van der Waals surface area contributed by atoms with Crippen LogP contribution in [0.4, 0.5) is 5.69 Å². The van der Waals surface area contributed by atoms with Gasteiger partial charge < -0.3 is 20.7 Å². The van der Waals surface area contributed by atoms with E-state index in [1.165, 1.54) is 7.11 Å². The Hall–Kier alpha value is -1.44. The van der Waals surface area contributed by atoms with Gasteiger partial charge in [-0.1, -0.05) is 0 Å². The smallest absolute Gasteiger partial charge is 0.251 e. The first-order valence-electron chi connectivity index (χ1n) is 7.15. The van der Waals surface area contributed by atoms with E-state index in [0.29, 0.717) is 23.4 Å². The fourth-order valence-corrected chi connectivity index (χ4v) is 3.22. The number of rotatable bonds is 5. The number of carbonyl (C=O) groups excluding carboxylic acids is 2. The molecule has 1 aliphatic rings. The standard InChI is InChI=1S/C15H21N3O3S.ClH/c1-16-15(20)10-3-4-13(21-2)12(7-10)18-14(19)8-11-9-22-6-5-17-11;/h3-4,7,11,17H,5-6,8-9H2,1-2H3,(H,16,20)(H,18,19);1H. The van der Waals surface area contributed by atoms with Gasteiger partial charge in [0, 0.05) is 43.1 Å². The summed E-state index contributed by atoms with van der Waals surface area (Å²) >= 11 is 1.85. The predicted molar refractivity (Wildman–Crippen MR) is 96.0 cm³/mol. The molecule has 1 aromatic carbocycles. The molecule has 3 N–H and O–H groups in total. The Bertz CT molecular complexity index is 551. The molecule has 1 aromatic rings. The molecule has 1 atom stereocenters. The number of nitrogens with one attached hydrogen (secondary N) is 3. The van der Waals surface area contributed by atoms with Crippen molar-refractivity contribution >= 4 is 41.7 Å². The number of halogens is 1. The van der Waals surface area contributed by atoms with E-state index >= 15 is 0 Å². The van der Waals surface area contributed by atoms with Gasteiger partial charge in [-0.15, -0.1) is 12.4 Å². The second-order valence-electron chi connectivity index (χ2n) is 4.97. The highest BCUT2D eigenvalue weighted by molar-refractivity contribution is 7.99. The van der Waals surface area contributed by atoms with Crippen molar-refractivity contribution in [3.8, 4) is 5.75 Å². The van der Waals surface area contributed by atoms with Crippen LogP contribution in [0.3, 0.4) is 0 Å². The molecule has 1 fully saturated rings. The number of amides is 2. The van der Waals surface area contributed by atoms with E-state index in [9.17, 15) is 9.59 Å². The van der Waals surface area contributed by atoms with Crippen molar-refractivity contribution in [1.29, 1.82) is 0 Å². The molecule has 0 bridgehead atoms. The second-order valence-corrected chi connectivity index (χ2v) is 6.12. The van der Waals surface area contributed by atoms with E-state index < -0.39 is 0 Å². The maximum absolute atomic E-state index is 12.2. The topological polar surface area (TPSA) is 79.5 Å². The molecule has 2 rings (SSSR count). The SMILES string of the molecule is CNC(=O)c1ccc(OC)c(NC(=O)CC2CSCCN2)c1.Cl. The van der Waals surface area contributed by atoms with Crippen LogP contribution in [0.15, 0.2) is 18.2 Å². The van der Waals surface area contributed by atoms with E-state index in [4.69, 9.17) is 4.74 Å². The molecular formula is C15H22ClN3O3S. The van der Waals surface area contributed by atoms with Gasteiger partial charge in [-0.05, 0) is 18.2 Å². The van der Waals surface area contributed by atoms with E-state index in [1.807, 2.05) is 11.8 Å². The van der Waals surface area contributed by atoms with Crippen molar-refractivity contribution < 1.29 is 14.3 Å². The van der Waals surface area contributed by atoms with Crippen LogP contribution in [0.5, 0.6) is 5.75 Å². The normalized spacial score (nSPS) is 16.9. The van der Waals surface area contributed by atoms with Crippen LogP contribution >= 0.6 is 24.2 Å². The number of anilines is 1. The minimum atomic E-state index is -0.205. The van der Waals surface area contributed by atoms with Crippen LogP contribution < -0.4 is 20.7 Å². The van der Waals surface area contributed by atoms with Crippen LogP contribution in [0.2, 0.25) is 0 Å². The number of ether oxygens (including phenoxy) is 1. The van der Waals surface area contributed by atoms with Crippen molar-refractivity contribution in [2.24, 2.45) is 0 Å². The highest BCUT2D eigenvalue weighted by atomic mass is 35.5. The minimum Gasteiger partial charge on any atom is -0.495 e. The van der Waals surface area contributed by atoms with Gasteiger partial charge in [-0.2, -0.15) is 11.8 Å². The molecular weight excluding hydrogens is 338 g/mol. The zero-order chi connectivity index (χ0) is 15.9. The van der Waals surface area contributed by atoms with Gasteiger partial charge in [0.15, 0.2) is 0 Å². The van der Waals surface area contributed by atoms with E-state index in [2.05, 4.69) is 16.0 Å². The van der Waals surface area contributed by atoms with Gasteiger partial charge in [-0.3, -0.25) is 9.59 Å². The number of methoxy groups -OCH3 is 1. The Morgan fingerprint density at radius 2 is 2.22 bits per heavy atom. The number of hydrogen-bond donors (Lipinski definition) is 3. The summed E-state index contributed by atoms with van der Waals surface area (Å²) in [5.74, 6) is 2.26. The summed E-state index contributed by atoms with van der Waals surface area (Å²) in [6, 6.07) is 5.15. The molecule has 0 saturated carbocycles. The molecule has 0 radical (unpaired) electrons.